The van der Waals surface area contributed by atoms with Crippen LogP contribution in [0.1, 0.15) is 30.0 Å². The van der Waals surface area contributed by atoms with Gasteiger partial charge >= 0.3 is 5.69 Å². The summed E-state index contributed by atoms with van der Waals surface area (Å²) in [7, 11) is 1.82. The number of aromatic nitrogens is 1. The molecule has 0 saturated heterocycles. The third-order valence-corrected chi connectivity index (χ3v) is 4.21. The van der Waals surface area contributed by atoms with Crippen LogP contribution in [0.3, 0.4) is 0 Å². The Morgan fingerprint density at radius 3 is 2.57 bits per heavy atom. The highest BCUT2D eigenvalue weighted by Gasteiger charge is 2.37. The molecule has 1 aromatic carbocycles. The van der Waals surface area contributed by atoms with Gasteiger partial charge in [0.25, 0.3) is 0 Å². The van der Waals surface area contributed by atoms with E-state index in [-0.39, 0.29) is 17.5 Å². The molecular formula is C17H18FN3O2. The molecule has 0 bridgehead atoms. The van der Waals surface area contributed by atoms with Gasteiger partial charge in [-0.05, 0) is 48.9 Å². The van der Waals surface area contributed by atoms with Crippen LogP contribution in [0.15, 0.2) is 36.5 Å². The van der Waals surface area contributed by atoms with Crippen LogP contribution in [0.25, 0.3) is 0 Å². The first-order chi connectivity index (χ1) is 11.0. The molecule has 0 amide bonds. The first kappa shape index (κ1) is 15.4. The summed E-state index contributed by atoms with van der Waals surface area (Å²) < 4.78 is 13.2. The van der Waals surface area contributed by atoms with Gasteiger partial charge in [-0.2, -0.15) is 0 Å². The van der Waals surface area contributed by atoms with Crippen molar-refractivity contribution in [2.45, 2.75) is 25.8 Å². The van der Waals surface area contributed by atoms with Crippen LogP contribution in [-0.2, 0) is 0 Å². The van der Waals surface area contributed by atoms with Gasteiger partial charge < -0.3 is 4.90 Å². The zero-order valence-corrected chi connectivity index (χ0v) is 13.1. The second kappa shape index (κ2) is 5.95. The molecule has 0 radical (unpaired) electrons. The van der Waals surface area contributed by atoms with Gasteiger partial charge in [0.1, 0.15) is 5.82 Å². The van der Waals surface area contributed by atoms with E-state index in [9.17, 15) is 14.5 Å². The molecule has 120 valence electrons. The van der Waals surface area contributed by atoms with Gasteiger partial charge in [-0.1, -0.05) is 12.1 Å². The predicted octanol–water partition coefficient (Wildman–Crippen LogP) is 4.02. The zero-order valence-electron chi connectivity index (χ0n) is 13.1. The summed E-state index contributed by atoms with van der Waals surface area (Å²) in [5, 5.41) is 11.4. The molecule has 2 aromatic rings. The van der Waals surface area contributed by atoms with Gasteiger partial charge in [0.2, 0.25) is 5.82 Å². The minimum absolute atomic E-state index is 0.000242. The maximum atomic E-state index is 13.2. The van der Waals surface area contributed by atoms with Gasteiger partial charge in [0, 0.05) is 19.3 Å². The molecule has 1 aliphatic rings. The highest BCUT2D eigenvalue weighted by Crippen LogP contribution is 2.46. The summed E-state index contributed by atoms with van der Waals surface area (Å²) in [4.78, 5) is 17.1. The van der Waals surface area contributed by atoms with E-state index in [4.69, 9.17) is 0 Å². The molecule has 3 rings (SSSR count). The molecule has 1 atom stereocenters. The van der Waals surface area contributed by atoms with E-state index in [0.717, 1.165) is 24.0 Å². The third-order valence-electron chi connectivity index (χ3n) is 4.21. The number of aryl methyl sites for hydroxylation is 1. The van der Waals surface area contributed by atoms with E-state index in [1.54, 1.807) is 25.3 Å². The Morgan fingerprint density at radius 1 is 1.35 bits per heavy atom. The molecule has 1 fully saturated rings. The molecule has 23 heavy (non-hydrogen) atoms. The smallest absolute Gasteiger partial charge is 0.311 e. The normalized spacial score (nSPS) is 15.3. The summed E-state index contributed by atoms with van der Waals surface area (Å²) >= 11 is 0. The largest absolute Gasteiger partial charge is 0.347 e. The molecule has 0 N–H and O–H groups in total. The number of pyridine rings is 1. The van der Waals surface area contributed by atoms with Crippen molar-refractivity contribution in [2.24, 2.45) is 5.92 Å². The van der Waals surface area contributed by atoms with Gasteiger partial charge in [-0.25, -0.2) is 9.37 Å². The molecule has 0 spiro atoms. The fourth-order valence-corrected chi connectivity index (χ4v) is 2.97. The number of hydrogen-bond acceptors (Lipinski definition) is 4. The highest BCUT2D eigenvalue weighted by molar-refractivity contribution is 5.59. The molecule has 1 aliphatic carbocycles. The van der Waals surface area contributed by atoms with Crippen LogP contribution in [0.2, 0.25) is 0 Å². The Kier molecular flexibility index (Phi) is 3.98. The Labute approximate surface area is 133 Å². The van der Waals surface area contributed by atoms with Gasteiger partial charge in [-0.3, -0.25) is 10.1 Å². The summed E-state index contributed by atoms with van der Waals surface area (Å²) in [6, 6.07) is 7.84. The lowest BCUT2D eigenvalue weighted by Crippen LogP contribution is -2.27. The van der Waals surface area contributed by atoms with Crippen LogP contribution in [-0.4, -0.2) is 17.0 Å². The lowest BCUT2D eigenvalue weighted by Gasteiger charge is -2.29. The van der Waals surface area contributed by atoms with Crippen molar-refractivity contribution in [1.82, 2.24) is 4.98 Å². The minimum atomic E-state index is -0.402. The zero-order chi connectivity index (χ0) is 16.6. The third kappa shape index (κ3) is 3.16. The van der Waals surface area contributed by atoms with Crippen LogP contribution >= 0.6 is 0 Å². The van der Waals surface area contributed by atoms with Crippen molar-refractivity contribution in [3.05, 3.63) is 63.6 Å². The van der Waals surface area contributed by atoms with E-state index < -0.39 is 4.92 Å². The molecule has 5 nitrogen and oxygen atoms in total. The van der Waals surface area contributed by atoms with E-state index >= 15 is 0 Å². The number of anilines is 1. The van der Waals surface area contributed by atoms with E-state index in [0.29, 0.717) is 11.7 Å². The van der Waals surface area contributed by atoms with E-state index in [2.05, 4.69) is 4.98 Å². The lowest BCUT2D eigenvalue weighted by atomic mass is 10.0. The Morgan fingerprint density at radius 2 is 2.00 bits per heavy atom. The van der Waals surface area contributed by atoms with Crippen LogP contribution in [0.4, 0.5) is 15.9 Å². The molecule has 1 saturated carbocycles. The number of hydrogen-bond donors (Lipinski definition) is 0. The highest BCUT2D eigenvalue weighted by atomic mass is 19.1. The van der Waals surface area contributed by atoms with Crippen molar-refractivity contribution >= 4 is 11.5 Å². The van der Waals surface area contributed by atoms with Gasteiger partial charge in [-0.15, -0.1) is 0 Å². The van der Waals surface area contributed by atoms with Crippen LogP contribution < -0.4 is 4.90 Å². The molecule has 1 heterocycles. The predicted molar refractivity (Wildman–Crippen MR) is 85.9 cm³/mol. The minimum Gasteiger partial charge on any atom is -0.347 e. The fraction of sp³-hybridized carbons (Fsp3) is 0.353. The number of nitro groups is 1. The SMILES string of the molecule is Cc1cnc(N(C)C(c2ccc(F)cc2)C2CC2)c([N+](=O)[O-])c1. The van der Waals surface area contributed by atoms with Crippen molar-refractivity contribution in [3.63, 3.8) is 0 Å². The van der Waals surface area contributed by atoms with Crippen molar-refractivity contribution in [1.29, 1.82) is 0 Å². The molecular weight excluding hydrogens is 297 g/mol. The monoisotopic (exact) mass is 315 g/mol. The molecule has 1 aromatic heterocycles. The average Bonchev–Trinajstić information content (AvgIpc) is 3.34. The summed E-state index contributed by atoms with van der Waals surface area (Å²) in [6.07, 6.45) is 3.76. The van der Waals surface area contributed by atoms with Gasteiger partial charge in [0.15, 0.2) is 0 Å². The maximum absolute atomic E-state index is 13.2. The summed E-state index contributed by atoms with van der Waals surface area (Å²) in [5.41, 5.74) is 1.70. The van der Waals surface area contributed by atoms with E-state index in [1.807, 2.05) is 11.9 Å². The van der Waals surface area contributed by atoms with Crippen molar-refractivity contribution < 1.29 is 9.31 Å². The lowest BCUT2D eigenvalue weighted by molar-refractivity contribution is -0.384. The van der Waals surface area contributed by atoms with Crippen molar-refractivity contribution in [3.8, 4) is 0 Å². The van der Waals surface area contributed by atoms with Crippen molar-refractivity contribution in [2.75, 3.05) is 11.9 Å². The second-order valence-corrected chi connectivity index (χ2v) is 6.06. The topological polar surface area (TPSA) is 59.3 Å². The molecule has 0 aliphatic heterocycles. The first-order valence-corrected chi connectivity index (χ1v) is 7.56. The Balaban J connectivity index is 2.01. The standard InChI is InChI=1S/C17H18FN3O2/c1-11-9-15(21(22)23)17(19-10-11)20(2)16(12-3-4-12)13-5-7-14(18)8-6-13/h5-10,12,16H,3-4H2,1-2H3. The quantitative estimate of drug-likeness (QED) is 0.617. The number of rotatable bonds is 5. The number of nitrogens with zero attached hydrogens (tertiary/aromatic N) is 3. The van der Waals surface area contributed by atoms with Crippen LogP contribution in [0, 0.1) is 28.8 Å². The molecule has 6 heteroatoms. The van der Waals surface area contributed by atoms with Crippen LogP contribution in [0.5, 0.6) is 0 Å². The molecule has 1 unspecified atom stereocenters. The maximum Gasteiger partial charge on any atom is 0.311 e. The number of halogens is 1. The summed E-state index contributed by atoms with van der Waals surface area (Å²) in [6.45, 7) is 1.78. The fourth-order valence-electron chi connectivity index (χ4n) is 2.97. The average molecular weight is 315 g/mol. The Hall–Kier alpha value is -2.50. The number of benzene rings is 1. The first-order valence-electron chi connectivity index (χ1n) is 7.56. The van der Waals surface area contributed by atoms with Gasteiger partial charge in [0.05, 0.1) is 11.0 Å². The Bertz CT molecular complexity index is 729. The second-order valence-electron chi connectivity index (χ2n) is 6.06. The summed E-state index contributed by atoms with van der Waals surface area (Å²) in [5.74, 6) is 0.473. The van der Waals surface area contributed by atoms with E-state index in [1.165, 1.54) is 18.2 Å².